The van der Waals surface area contributed by atoms with Crippen LogP contribution in [0.1, 0.15) is 16.7 Å². The van der Waals surface area contributed by atoms with Crippen molar-refractivity contribution in [2.75, 3.05) is 0 Å². The summed E-state index contributed by atoms with van der Waals surface area (Å²) in [6.07, 6.45) is 1.65. The molecule has 8 heteroatoms. The average Bonchev–Trinajstić information content (AvgIpc) is 2.72. The second kappa shape index (κ2) is 9.77. The van der Waals surface area contributed by atoms with Crippen LogP contribution in [0.2, 0.25) is 10.0 Å². The number of halogens is 3. The first-order chi connectivity index (χ1) is 14.4. The maximum Gasteiger partial charge on any atom is 0.269 e. The number of non-ortho nitro benzene ring substituents is 1. The van der Waals surface area contributed by atoms with E-state index in [1.807, 2.05) is 18.2 Å². The number of allylic oxidation sites excluding steroid dienone is 1. The fourth-order valence-electron chi connectivity index (χ4n) is 2.68. The molecule has 0 atom stereocenters. The number of ether oxygens (including phenoxy) is 1. The molecular formula is C22H13BrCl2N2O3. The molecule has 0 aliphatic carbocycles. The van der Waals surface area contributed by atoms with Gasteiger partial charge in [0.05, 0.1) is 26.1 Å². The molecule has 0 radical (unpaired) electrons. The predicted molar refractivity (Wildman–Crippen MR) is 122 cm³/mol. The van der Waals surface area contributed by atoms with Crippen molar-refractivity contribution in [2.45, 2.75) is 6.61 Å². The molecule has 3 rings (SSSR count). The highest BCUT2D eigenvalue weighted by atomic mass is 79.9. The molecule has 30 heavy (non-hydrogen) atoms. The van der Waals surface area contributed by atoms with Gasteiger partial charge in [-0.1, -0.05) is 41.4 Å². The molecule has 150 valence electrons. The summed E-state index contributed by atoms with van der Waals surface area (Å²) in [6, 6.07) is 18.7. The van der Waals surface area contributed by atoms with Gasteiger partial charge in [0, 0.05) is 22.7 Å². The number of nitrogens with zero attached hydrogens (tertiary/aromatic N) is 2. The van der Waals surface area contributed by atoms with Crippen molar-refractivity contribution in [3.8, 4) is 11.8 Å². The van der Waals surface area contributed by atoms with Crippen molar-refractivity contribution in [2.24, 2.45) is 0 Å². The van der Waals surface area contributed by atoms with Crippen LogP contribution in [0.25, 0.3) is 11.6 Å². The number of nitriles is 1. The molecule has 3 aromatic rings. The highest BCUT2D eigenvalue weighted by Crippen LogP contribution is 2.36. The molecule has 0 heterocycles. The second-order valence-electron chi connectivity index (χ2n) is 6.17. The van der Waals surface area contributed by atoms with Crippen LogP contribution in [0.4, 0.5) is 5.69 Å². The van der Waals surface area contributed by atoms with Gasteiger partial charge in [-0.05, 0) is 63.5 Å². The van der Waals surface area contributed by atoms with E-state index in [2.05, 4.69) is 22.0 Å². The smallest absolute Gasteiger partial charge is 0.269 e. The van der Waals surface area contributed by atoms with Gasteiger partial charge in [-0.3, -0.25) is 10.1 Å². The number of rotatable bonds is 6. The first kappa shape index (κ1) is 21.8. The maximum absolute atomic E-state index is 10.8. The van der Waals surface area contributed by atoms with Gasteiger partial charge in [-0.2, -0.15) is 5.26 Å². The van der Waals surface area contributed by atoms with Crippen LogP contribution in [0.3, 0.4) is 0 Å². The Balaban J connectivity index is 1.85. The normalized spacial score (nSPS) is 11.1. The molecule has 0 saturated carbocycles. The van der Waals surface area contributed by atoms with Gasteiger partial charge in [-0.15, -0.1) is 0 Å². The van der Waals surface area contributed by atoms with E-state index >= 15 is 0 Å². The molecule has 5 nitrogen and oxygen atoms in total. The predicted octanol–water partition coefficient (Wildman–Crippen LogP) is 7.31. The zero-order chi connectivity index (χ0) is 21.7. The molecule has 0 bridgehead atoms. The molecule has 0 aliphatic rings. The second-order valence-corrected chi connectivity index (χ2v) is 7.84. The van der Waals surface area contributed by atoms with E-state index in [-0.39, 0.29) is 12.3 Å². The van der Waals surface area contributed by atoms with Crippen LogP contribution in [0.5, 0.6) is 5.75 Å². The summed E-state index contributed by atoms with van der Waals surface area (Å²) >= 11 is 16.0. The number of nitro benzene ring substituents is 1. The minimum Gasteiger partial charge on any atom is -0.486 e. The highest BCUT2D eigenvalue weighted by molar-refractivity contribution is 9.10. The Hall–Kier alpha value is -2.85. The summed E-state index contributed by atoms with van der Waals surface area (Å²) in [6.45, 7) is 0.249. The van der Waals surface area contributed by atoms with Gasteiger partial charge in [0.25, 0.3) is 5.69 Å². The summed E-state index contributed by atoms with van der Waals surface area (Å²) in [7, 11) is 0. The average molecular weight is 504 g/mol. The quantitative estimate of drug-likeness (QED) is 0.153. The van der Waals surface area contributed by atoms with E-state index in [1.54, 1.807) is 24.3 Å². The molecule has 0 saturated heterocycles. The fraction of sp³-hybridized carbons (Fsp3) is 0.0455. The van der Waals surface area contributed by atoms with Gasteiger partial charge < -0.3 is 4.74 Å². The standard InChI is InChI=1S/C22H13BrCl2N2O3/c23-19-10-14(9-17(12-26)15-5-7-18(8-6-15)27(28)29)11-21(25)22(19)30-13-16-3-1-2-4-20(16)24/h1-11H,13H2/b17-9-. The maximum atomic E-state index is 10.8. The minimum absolute atomic E-state index is 0.0400. The lowest BCUT2D eigenvalue weighted by Gasteiger charge is -2.12. The van der Waals surface area contributed by atoms with Crippen molar-refractivity contribution >= 4 is 56.5 Å². The Bertz CT molecular complexity index is 1150. The molecule has 0 spiro atoms. The Kier molecular flexibility index (Phi) is 7.11. The van der Waals surface area contributed by atoms with E-state index in [9.17, 15) is 15.4 Å². The summed E-state index contributed by atoms with van der Waals surface area (Å²) < 4.78 is 6.45. The van der Waals surface area contributed by atoms with Crippen LogP contribution in [-0.2, 0) is 6.61 Å². The lowest BCUT2D eigenvalue weighted by molar-refractivity contribution is -0.384. The van der Waals surface area contributed by atoms with Crippen LogP contribution in [0, 0.1) is 21.4 Å². The van der Waals surface area contributed by atoms with Gasteiger partial charge in [-0.25, -0.2) is 0 Å². The van der Waals surface area contributed by atoms with Crippen LogP contribution in [0.15, 0.2) is 65.1 Å². The molecule has 3 aromatic carbocycles. The van der Waals surface area contributed by atoms with Gasteiger partial charge in [0.2, 0.25) is 0 Å². The molecule has 0 aliphatic heterocycles. The van der Waals surface area contributed by atoms with Crippen molar-refractivity contribution < 1.29 is 9.66 Å². The van der Waals surface area contributed by atoms with E-state index in [4.69, 9.17) is 27.9 Å². The van der Waals surface area contributed by atoms with E-state index in [0.29, 0.717) is 37.0 Å². The number of hydrogen-bond donors (Lipinski definition) is 0. The van der Waals surface area contributed by atoms with E-state index in [0.717, 1.165) is 5.56 Å². The van der Waals surface area contributed by atoms with Crippen molar-refractivity contribution in [1.29, 1.82) is 5.26 Å². The first-order valence-corrected chi connectivity index (χ1v) is 10.2. The highest BCUT2D eigenvalue weighted by Gasteiger charge is 2.12. The van der Waals surface area contributed by atoms with Crippen molar-refractivity contribution in [3.05, 3.63) is 102 Å². The summed E-state index contributed by atoms with van der Waals surface area (Å²) in [4.78, 5) is 10.3. The summed E-state index contributed by atoms with van der Waals surface area (Å²) in [5.41, 5.74) is 2.37. The summed E-state index contributed by atoms with van der Waals surface area (Å²) in [5.74, 6) is 0.461. The lowest BCUT2D eigenvalue weighted by Crippen LogP contribution is -1.98. The number of benzene rings is 3. The molecule has 0 fully saturated rings. The molecule has 0 amide bonds. The lowest BCUT2D eigenvalue weighted by atomic mass is 10.0. The fourth-order valence-corrected chi connectivity index (χ4v) is 3.85. The van der Waals surface area contributed by atoms with Gasteiger partial charge in [0.1, 0.15) is 6.61 Å². The minimum atomic E-state index is -0.488. The van der Waals surface area contributed by atoms with Crippen LogP contribution >= 0.6 is 39.1 Å². The van der Waals surface area contributed by atoms with Crippen molar-refractivity contribution in [1.82, 2.24) is 0 Å². The molecule has 0 aromatic heterocycles. The Morgan fingerprint density at radius 2 is 1.83 bits per heavy atom. The SMILES string of the molecule is N#C/C(=C/c1cc(Cl)c(OCc2ccccc2Cl)c(Br)c1)c1ccc([N+](=O)[O-])cc1. The topological polar surface area (TPSA) is 76.2 Å². The third-order valence-electron chi connectivity index (χ3n) is 4.17. The third kappa shape index (κ3) is 5.19. The zero-order valence-corrected chi connectivity index (χ0v) is 18.4. The first-order valence-electron chi connectivity index (χ1n) is 8.61. The number of nitro groups is 1. The Labute approximate surface area is 191 Å². The van der Waals surface area contributed by atoms with E-state index < -0.39 is 4.92 Å². The third-order valence-corrected chi connectivity index (χ3v) is 5.41. The zero-order valence-electron chi connectivity index (χ0n) is 15.3. The monoisotopic (exact) mass is 502 g/mol. The van der Waals surface area contributed by atoms with E-state index in [1.165, 1.54) is 24.3 Å². The number of hydrogen-bond acceptors (Lipinski definition) is 4. The Morgan fingerprint density at radius 3 is 2.43 bits per heavy atom. The largest absolute Gasteiger partial charge is 0.486 e. The molecule has 0 unspecified atom stereocenters. The summed E-state index contributed by atoms with van der Waals surface area (Å²) in [5, 5.41) is 21.3. The van der Waals surface area contributed by atoms with Crippen molar-refractivity contribution in [3.63, 3.8) is 0 Å². The molecular weight excluding hydrogens is 491 g/mol. The molecule has 0 N–H and O–H groups in total. The van der Waals surface area contributed by atoms with Crippen LogP contribution in [-0.4, -0.2) is 4.92 Å². The van der Waals surface area contributed by atoms with Gasteiger partial charge in [0.15, 0.2) is 5.75 Å². The Morgan fingerprint density at radius 1 is 1.13 bits per heavy atom. The van der Waals surface area contributed by atoms with Gasteiger partial charge >= 0.3 is 0 Å². The van der Waals surface area contributed by atoms with Crippen LogP contribution < -0.4 is 4.74 Å².